The minimum absolute atomic E-state index is 0.0666. The molecule has 2 amide bonds. The van der Waals surface area contributed by atoms with Gasteiger partial charge in [0.2, 0.25) is 15.9 Å². The second-order valence-corrected chi connectivity index (χ2v) is 9.47. The molecule has 2 aromatic rings. The molecule has 3 N–H and O–H groups in total. The van der Waals surface area contributed by atoms with Gasteiger partial charge in [-0.15, -0.1) is 0 Å². The molecule has 32 heavy (non-hydrogen) atoms. The van der Waals surface area contributed by atoms with E-state index in [4.69, 9.17) is 0 Å². The van der Waals surface area contributed by atoms with Crippen molar-refractivity contribution < 1.29 is 26.8 Å². The molecule has 3 rings (SSSR count). The summed E-state index contributed by atoms with van der Waals surface area (Å²) in [5, 5.41) is 5.35. The van der Waals surface area contributed by atoms with E-state index < -0.39 is 27.6 Å². The second-order valence-electron chi connectivity index (χ2n) is 7.72. The van der Waals surface area contributed by atoms with Gasteiger partial charge in [0.15, 0.2) is 11.6 Å². The quantitative estimate of drug-likeness (QED) is 0.581. The lowest BCUT2D eigenvalue weighted by Crippen LogP contribution is -2.31. The van der Waals surface area contributed by atoms with Crippen LogP contribution >= 0.6 is 0 Å². The number of carbonyl (C=O) groups excluding carboxylic acids is 2. The van der Waals surface area contributed by atoms with E-state index in [1.165, 1.54) is 31.2 Å². The number of nitrogens with zero attached hydrogens (tertiary/aromatic N) is 1. The van der Waals surface area contributed by atoms with Crippen molar-refractivity contribution in [1.82, 2.24) is 5.32 Å². The van der Waals surface area contributed by atoms with E-state index in [2.05, 4.69) is 15.4 Å². The van der Waals surface area contributed by atoms with Crippen LogP contribution in [0.4, 0.5) is 25.8 Å². The normalized spacial score (nSPS) is 16.0. The smallest absolute Gasteiger partial charge is 0.253 e. The molecule has 8 nitrogen and oxygen atoms in total. The van der Waals surface area contributed by atoms with Crippen molar-refractivity contribution in [2.45, 2.75) is 13.3 Å². The lowest BCUT2D eigenvalue weighted by atomic mass is 10.1. The van der Waals surface area contributed by atoms with E-state index >= 15 is 0 Å². The van der Waals surface area contributed by atoms with Crippen LogP contribution < -0.4 is 20.3 Å². The van der Waals surface area contributed by atoms with Crippen LogP contribution in [0.25, 0.3) is 0 Å². The molecular weight excluding hydrogens is 442 g/mol. The Hall–Kier alpha value is -3.21. The molecule has 1 atom stereocenters. The Morgan fingerprint density at radius 2 is 1.88 bits per heavy atom. The largest absolute Gasteiger partial charge is 0.371 e. The van der Waals surface area contributed by atoms with Crippen molar-refractivity contribution >= 4 is 38.9 Å². The summed E-state index contributed by atoms with van der Waals surface area (Å²) in [6, 6.07) is 8.03. The van der Waals surface area contributed by atoms with Gasteiger partial charge in [-0.05, 0) is 42.7 Å². The van der Waals surface area contributed by atoms with Crippen LogP contribution in [0.15, 0.2) is 36.4 Å². The van der Waals surface area contributed by atoms with Crippen LogP contribution in [0.1, 0.15) is 23.7 Å². The van der Waals surface area contributed by atoms with Gasteiger partial charge in [-0.3, -0.25) is 14.3 Å². The molecule has 0 radical (unpaired) electrons. The highest BCUT2D eigenvalue weighted by molar-refractivity contribution is 7.92. The molecule has 0 bridgehead atoms. The zero-order valence-corrected chi connectivity index (χ0v) is 18.4. The highest BCUT2D eigenvalue weighted by Crippen LogP contribution is 2.26. The highest BCUT2D eigenvalue weighted by atomic mass is 32.2. The molecule has 1 heterocycles. The molecule has 1 saturated heterocycles. The predicted molar refractivity (Wildman–Crippen MR) is 118 cm³/mol. The van der Waals surface area contributed by atoms with Crippen molar-refractivity contribution in [3.05, 3.63) is 53.6 Å². The minimum atomic E-state index is -3.63. The Labute approximate surface area is 185 Å². The highest BCUT2D eigenvalue weighted by Gasteiger charge is 2.24. The van der Waals surface area contributed by atoms with Crippen LogP contribution in [0.3, 0.4) is 0 Å². The maximum absolute atomic E-state index is 13.5. The summed E-state index contributed by atoms with van der Waals surface area (Å²) >= 11 is 0. The summed E-state index contributed by atoms with van der Waals surface area (Å²) in [7, 11) is -3.63. The first-order valence-corrected chi connectivity index (χ1v) is 11.8. The molecule has 2 aromatic carbocycles. The number of anilines is 3. The van der Waals surface area contributed by atoms with Gasteiger partial charge in [-0.1, -0.05) is 0 Å². The van der Waals surface area contributed by atoms with Gasteiger partial charge in [0.1, 0.15) is 0 Å². The number of halogens is 2. The van der Waals surface area contributed by atoms with Gasteiger partial charge < -0.3 is 15.5 Å². The van der Waals surface area contributed by atoms with Crippen LogP contribution in [-0.2, 0) is 14.8 Å². The average molecular weight is 467 g/mol. The summed E-state index contributed by atoms with van der Waals surface area (Å²) in [4.78, 5) is 26.0. The van der Waals surface area contributed by atoms with Crippen LogP contribution in [-0.4, -0.2) is 46.1 Å². The standard InChI is InChI=1S/C21H24F2N4O4S/c1-13(28)25-15-3-6-20(26-32(2,30)31)17(9-15)21(29)24-11-14-7-8-27(12-14)16-4-5-18(22)19(23)10-16/h3-6,9-10,14,26H,7-8,11-12H2,1-2H3,(H,24,29)(H,25,28). The minimum Gasteiger partial charge on any atom is -0.371 e. The summed E-state index contributed by atoms with van der Waals surface area (Å²) in [6.45, 7) is 2.80. The van der Waals surface area contributed by atoms with Crippen molar-refractivity contribution in [2.24, 2.45) is 5.92 Å². The Morgan fingerprint density at radius 3 is 2.53 bits per heavy atom. The number of benzene rings is 2. The Balaban J connectivity index is 1.68. The first kappa shape index (κ1) is 23.5. The fourth-order valence-corrected chi connectivity index (χ4v) is 4.13. The van der Waals surface area contributed by atoms with Crippen LogP contribution in [0.2, 0.25) is 0 Å². The van der Waals surface area contributed by atoms with E-state index in [-0.39, 0.29) is 23.1 Å². The Kier molecular flexibility index (Phi) is 6.97. The van der Waals surface area contributed by atoms with Gasteiger partial charge in [0.05, 0.1) is 17.5 Å². The lowest BCUT2D eigenvalue weighted by molar-refractivity contribution is -0.114. The monoisotopic (exact) mass is 466 g/mol. The average Bonchev–Trinajstić information content (AvgIpc) is 3.17. The molecule has 1 fully saturated rings. The fraction of sp³-hybridized carbons (Fsp3) is 0.333. The van der Waals surface area contributed by atoms with E-state index in [1.54, 1.807) is 0 Å². The molecule has 1 aliphatic heterocycles. The molecule has 11 heteroatoms. The van der Waals surface area contributed by atoms with E-state index in [0.29, 0.717) is 31.0 Å². The molecule has 0 saturated carbocycles. The van der Waals surface area contributed by atoms with Gasteiger partial charge in [-0.25, -0.2) is 17.2 Å². The maximum Gasteiger partial charge on any atom is 0.253 e. The van der Waals surface area contributed by atoms with Crippen molar-refractivity contribution in [3.8, 4) is 0 Å². The number of carbonyl (C=O) groups is 2. The fourth-order valence-electron chi connectivity index (χ4n) is 3.55. The maximum atomic E-state index is 13.5. The number of rotatable bonds is 7. The van der Waals surface area contributed by atoms with Crippen molar-refractivity contribution in [3.63, 3.8) is 0 Å². The lowest BCUT2D eigenvalue weighted by Gasteiger charge is -2.19. The van der Waals surface area contributed by atoms with Gasteiger partial charge in [0.25, 0.3) is 5.91 Å². The molecule has 0 aromatic heterocycles. The van der Waals surface area contributed by atoms with E-state index in [9.17, 15) is 26.8 Å². The SMILES string of the molecule is CC(=O)Nc1ccc(NS(C)(=O)=O)c(C(=O)NCC2CCN(c3ccc(F)c(F)c3)C2)c1. The number of hydrogen-bond acceptors (Lipinski definition) is 5. The Bertz CT molecular complexity index is 1140. The second kappa shape index (κ2) is 9.51. The van der Waals surface area contributed by atoms with Crippen molar-refractivity contribution in [1.29, 1.82) is 0 Å². The molecule has 1 unspecified atom stereocenters. The summed E-state index contributed by atoms with van der Waals surface area (Å²) in [5.74, 6) is -2.59. The van der Waals surface area contributed by atoms with Crippen LogP contribution in [0.5, 0.6) is 0 Å². The van der Waals surface area contributed by atoms with Gasteiger partial charge >= 0.3 is 0 Å². The van der Waals surface area contributed by atoms with Gasteiger partial charge in [0, 0.05) is 44.0 Å². The number of sulfonamides is 1. The molecule has 1 aliphatic rings. The number of amides is 2. The number of hydrogen-bond donors (Lipinski definition) is 3. The third-order valence-corrected chi connectivity index (χ3v) is 5.58. The Morgan fingerprint density at radius 1 is 1.12 bits per heavy atom. The van der Waals surface area contributed by atoms with E-state index in [0.717, 1.165) is 24.8 Å². The summed E-state index contributed by atoms with van der Waals surface area (Å²) in [6.07, 6.45) is 1.71. The molecular formula is C21H24F2N4O4S. The third-order valence-electron chi connectivity index (χ3n) is 4.99. The summed E-state index contributed by atoms with van der Waals surface area (Å²) < 4.78 is 52.3. The first-order chi connectivity index (χ1) is 15.0. The molecule has 172 valence electrons. The van der Waals surface area contributed by atoms with Crippen LogP contribution in [0, 0.1) is 17.6 Å². The topological polar surface area (TPSA) is 108 Å². The first-order valence-electron chi connectivity index (χ1n) is 9.89. The predicted octanol–water partition coefficient (Wildman–Crippen LogP) is 2.55. The molecule has 0 spiro atoms. The zero-order valence-electron chi connectivity index (χ0n) is 17.6. The van der Waals surface area contributed by atoms with E-state index in [1.807, 2.05) is 4.90 Å². The third kappa shape index (κ3) is 6.16. The number of nitrogens with one attached hydrogen (secondary N) is 3. The van der Waals surface area contributed by atoms with Crippen molar-refractivity contribution in [2.75, 3.05) is 40.8 Å². The molecule has 0 aliphatic carbocycles. The summed E-state index contributed by atoms with van der Waals surface area (Å²) in [5.41, 5.74) is 1.08. The van der Waals surface area contributed by atoms with Gasteiger partial charge in [-0.2, -0.15) is 0 Å². The zero-order chi connectivity index (χ0) is 23.5.